The molecular weight excluding hydrogens is 478 g/mol. The minimum atomic E-state index is -1.13. The van der Waals surface area contributed by atoms with E-state index in [1.807, 2.05) is 18.2 Å². The highest BCUT2D eigenvalue weighted by molar-refractivity contribution is 6.05. The van der Waals surface area contributed by atoms with E-state index in [1.54, 1.807) is 41.2 Å². The zero-order chi connectivity index (χ0) is 25.7. The monoisotopic (exact) mass is 497 g/mol. The van der Waals surface area contributed by atoms with Crippen LogP contribution in [0.3, 0.4) is 0 Å². The maximum absolute atomic E-state index is 12.9. The summed E-state index contributed by atoms with van der Waals surface area (Å²) in [5, 5.41) is 19.8. The molecule has 1 saturated heterocycles. The second-order valence-corrected chi connectivity index (χ2v) is 8.84. The molecule has 2 aromatic carbocycles. The van der Waals surface area contributed by atoms with Crippen molar-refractivity contribution in [3.63, 3.8) is 0 Å². The third kappa shape index (κ3) is 3.96. The zero-order valence-corrected chi connectivity index (χ0v) is 19.2. The van der Waals surface area contributed by atoms with Gasteiger partial charge in [0.25, 0.3) is 5.91 Å². The normalized spacial score (nSPS) is 17.1. The lowest BCUT2D eigenvalue weighted by Gasteiger charge is -2.29. The molecule has 11 heteroatoms. The Morgan fingerprint density at radius 1 is 1.03 bits per heavy atom. The van der Waals surface area contributed by atoms with E-state index in [2.05, 4.69) is 15.6 Å². The second-order valence-electron chi connectivity index (χ2n) is 8.84. The van der Waals surface area contributed by atoms with Crippen LogP contribution in [0.25, 0.3) is 28.3 Å². The van der Waals surface area contributed by atoms with Crippen LogP contribution in [0.4, 0.5) is 0 Å². The molecule has 37 heavy (non-hydrogen) atoms. The van der Waals surface area contributed by atoms with Crippen LogP contribution < -0.4 is 5.32 Å². The first-order valence-corrected chi connectivity index (χ1v) is 11.5. The van der Waals surface area contributed by atoms with Crippen LogP contribution in [0.1, 0.15) is 39.3 Å². The Morgan fingerprint density at radius 2 is 1.81 bits per heavy atom. The van der Waals surface area contributed by atoms with Crippen molar-refractivity contribution in [1.29, 1.82) is 0 Å². The van der Waals surface area contributed by atoms with Crippen LogP contribution in [0.15, 0.2) is 65.2 Å². The molecule has 1 fully saturated rings. The minimum Gasteiger partial charge on any atom is -0.475 e. The van der Waals surface area contributed by atoms with Gasteiger partial charge in [-0.3, -0.25) is 19.7 Å². The van der Waals surface area contributed by atoms with Crippen molar-refractivity contribution < 1.29 is 28.7 Å². The Bertz CT molecular complexity index is 1580. The largest absolute Gasteiger partial charge is 0.475 e. The molecule has 1 unspecified atom stereocenters. The van der Waals surface area contributed by atoms with E-state index in [0.717, 1.165) is 22.4 Å². The second kappa shape index (κ2) is 8.55. The van der Waals surface area contributed by atoms with Crippen LogP contribution >= 0.6 is 0 Å². The lowest BCUT2D eigenvalue weighted by Crippen LogP contribution is -2.52. The lowest BCUT2D eigenvalue weighted by atomic mass is 10.0. The summed E-state index contributed by atoms with van der Waals surface area (Å²) in [5.74, 6) is -1.80. The number of piperidine rings is 1. The Hall–Kier alpha value is -5.06. The van der Waals surface area contributed by atoms with Gasteiger partial charge < -0.3 is 14.4 Å². The predicted molar refractivity (Wildman–Crippen MR) is 128 cm³/mol. The van der Waals surface area contributed by atoms with Gasteiger partial charge >= 0.3 is 5.97 Å². The van der Waals surface area contributed by atoms with Crippen molar-refractivity contribution in [2.75, 3.05) is 0 Å². The fraction of sp³-hybridized carbons (Fsp3) is 0.154. The Labute approximate surface area is 209 Å². The topological polar surface area (TPSA) is 148 Å². The number of furan rings is 1. The molecule has 0 saturated carbocycles. The molecule has 184 valence electrons. The van der Waals surface area contributed by atoms with Crippen molar-refractivity contribution >= 4 is 23.7 Å². The van der Waals surface area contributed by atoms with Gasteiger partial charge in [0, 0.05) is 29.7 Å². The number of imide groups is 1. The number of hydrogen-bond donors (Lipinski definition) is 2. The average Bonchev–Trinajstić information content (AvgIpc) is 3.64. The van der Waals surface area contributed by atoms with Gasteiger partial charge in [-0.2, -0.15) is 0 Å². The van der Waals surface area contributed by atoms with Gasteiger partial charge in [0.05, 0.1) is 11.9 Å². The summed E-state index contributed by atoms with van der Waals surface area (Å²) in [5.41, 5.74) is 4.16. The number of aromatic nitrogens is 3. The molecule has 2 N–H and O–H groups in total. The van der Waals surface area contributed by atoms with E-state index >= 15 is 0 Å². The minimum absolute atomic E-state index is 0.128. The van der Waals surface area contributed by atoms with Crippen LogP contribution in [0, 0.1) is 0 Å². The summed E-state index contributed by atoms with van der Waals surface area (Å²) in [4.78, 5) is 49.2. The van der Waals surface area contributed by atoms with Gasteiger partial charge in [0.1, 0.15) is 17.5 Å². The van der Waals surface area contributed by atoms with E-state index in [9.17, 15) is 19.2 Å². The number of fused-ring (bicyclic) bond motifs is 1. The number of nitrogens with zero attached hydrogens (tertiary/aromatic N) is 4. The molecule has 1 atom stereocenters. The molecule has 0 spiro atoms. The summed E-state index contributed by atoms with van der Waals surface area (Å²) in [6.45, 7) is 0.278. The number of carbonyl (C=O) groups is 4. The molecule has 2 aliphatic heterocycles. The number of nitrogens with one attached hydrogen (secondary N) is 1. The van der Waals surface area contributed by atoms with Crippen LogP contribution in [-0.4, -0.2) is 54.7 Å². The Kier molecular flexibility index (Phi) is 5.18. The molecule has 0 radical (unpaired) electrons. The Balaban J connectivity index is 1.21. The smallest absolute Gasteiger partial charge is 0.371 e. The van der Waals surface area contributed by atoms with Crippen LogP contribution in [-0.2, 0) is 16.1 Å². The highest BCUT2D eigenvalue weighted by Gasteiger charge is 2.39. The van der Waals surface area contributed by atoms with Gasteiger partial charge in [-0.15, -0.1) is 5.10 Å². The molecule has 2 aromatic heterocycles. The number of rotatable bonds is 5. The van der Waals surface area contributed by atoms with Crippen molar-refractivity contribution in [2.45, 2.75) is 25.4 Å². The van der Waals surface area contributed by atoms with Crippen molar-refractivity contribution in [3.05, 3.63) is 77.7 Å². The van der Waals surface area contributed by atoms with Gasteiger partial charge in [-0.1, -0.05) is 11.3 Å². The molecule has 6 rings (SSSR count). The summed E-state index contributed by atoms with van der Waals surface area (Å²) in [6.07, 6.45) is 2.28. The van der Waals surface area contributed by atoms with Gasteiger partial charge in [0.2, 0.25) is 17.6 Å². The highest BCUT2D eigenvalue weighted by Crippen LogP contribution is 2.31. The summed E-state index contributed by atoms with van der Waals surface area (Å²) in [7, 11) is 0. The average molecular weight is 497 g/mol. The summed E-state index contributed by atoms with van der Waals surface area (Å²) < 4.78 is 6.95. The number of benzene rings is 2. The summed E-state index contributed by atoms with van der Waals surface area (Å²) in [6, 6.07) is 15.0. The number of hydrogen-bond acceptors (Lipinski definition) is 7. The Morgan fingerprint density at radius 3 is 2.54 bits per heavy atom. The van der Waals surface area contributed by atoms with E-state index in [0.29, 0.717) is 23.4 Å². The number of carbonyl (C=O) groups excluding carboxylic acids is 3. The van der Waals surface area contributed by atoms with E-state index in [1.165, 1.54) is 11.0 Å². The maximum atomic E-state index is 12.9. The molecule has 4 aromatic rings. The van der Waals surface area contributed by atoms with E-state index in [-0.39, 0.29) is 30.5 Å². The van der Waals surface area contributed by atoms with Crippen molar-refractivity contribution in [2.24, 2.45) is 0 Å². The molecule has 11 nitrogen and oxygen atoms in total. The first-order valence-electron chi connectivity index (χ1n) is 11.5. The number of aromatic carboxylic acids is 1. The zero-order valence-electron chi connectivity index (χ0n) is 19.2. The van der Waals surface area contributed by atoms with Gasteiger partial charge in [-0.05, 0) is 60.5 Å². The number of amides is 3. The van der Waals surface area contributed by atoms with E-state index in [4.69, 9.17) is 9.52 Å². The first-order chi connectivity index (χ1) is 17.9. The first kappa shape index (κ1) is 22.4. The van der Waals surface area contributed by atoms with Crippen molar-refractivity contribution in [1.82, 2.24) is 25.2 Å². The fourth-order valence-corrected chi connectivity index (χ4v) is 4.64. The third-order valence-electron chi connectivity index (χ3n) is 6.55. The van der Waals surface area contributed by atoms with Crippen molar-refractivity contribution in [3.8, 4) is 28.3 Å². The predicted octanol–water partition coefficient (Wildman–Crippen LogP) is 2.65. The van der Waals surface area contributed by atoms with Crippen LogP contribution in [0.2, 0.25) is 0 Å². The van der Waals surface area contributed by atoms with E-state index < -0.39 is 17.9 Å². The highest BCUT2D eigenvalue weighted by atomic mass is 16.4. The molecule has 2 aliphatic rings. The van der Waals surface area contributed by atoms with Crippen LogP contribution in [0.5, 0.6) is 0 Å². The number of carboxylic acid groups (broad SMARTS) is 1. The molecular formula is C26H19N5O6. The quantitative estimate of drug-likeness (QED) is 0.400. The molecule has 0 bridgehead atoms. The maximum Gasteiger partial charge on any atom is 0.371 e. The number of carboxylic acids is 1. The molecule has 0 aliphatic carbocycles. The standard InChI is InChI=1S/C26H19N5O6/c32-23-10-7-20(24(33)27-23)30-12-16-11-15(3-6-18(16)25(30)34)19-13-31(29-28-19)17-4-1-14(2-5-17)21-8-9-22(37-21)26(35)36/h1-6,8-9,11,13,20H,7,10,12H2,(H,35,36)(H,27,32,33). The summed E-state index contributed by atoms with van der Waals surface area (Å²) >= 11 is 0. The fourth-order valence-electron chi connectivity index (χ4n) is 4.64. The molecule has 3 amide bonds. The van der Waals surface area contributed by atoms with Gasteiger partial charge in [-0.25, -0.2) is 9.48 Å². The van der Waals surface area contributed by atoms with Gasteiger partial charge in [0.15, 0.2) is 0 Å². The SMILES string of the molecule is O=C1CCC(N2Cc3cc(-c4cn(-c5ccc(-c6ccc(C(=O)O)o6)cc5)nn4)ccc3C2=O)C(=O)N1. The third-order valence-corrected chi connectivity index (χ3v) is 6.55. The lowest BCUT2D eigenvalue weighted by molar-refractivity contribution is -0.136. The molecule has 4 heterocycles.